The molecule has 0 saturated carbocycles. The molecule has 12 heteroatoms. The van der Waals surface area contributed by atoms with Crippen molar-refractivity contribution in [3.8, 4) is 0 Å². The van der Waals surface area contributed by atoms with Crippen molar-refractivity contribution in [3.63, 3.8) is 0 Å². The minimum absolute atomic E-state index is 0.0131. The number of thiazole rings is 1. The molecule has 2 atom stereocenters. The van der Waals surface area contributed by atoms with Crippen LogP contribution in [0.2, 0.25) is 0 Å². The number of hydrogen-bond acceptors (Lipinski definition) is 9. The maximum Gasteiger partial charge on any atom is 0.407 e. The molecule has 2 heterocycles. The zero-order chi connectivity index (χ0) is 23.5. The topological polar surface area (TPSA) is 145 Å². The molecule has 0 aromatic carbocycles. The normalized spacial score (nSPS) is 17.4. The molecule has 1 aliphatic rings. The third-order valence-electron chi connectivity index (χ3n) is 4.78. The van der Waals surface area contributed by atoms with Gasteiger partial charge in [0, 0.05) is 12.0 Å². The fourth-order valence-electron chi connectivity index (χ4n) is 3.00. The van der Waals surface area contributed by atoms with Crippen molar-refractivity contribution in [2.75, 3.05) is 33.5 Å². The number of ketones is 1. The van der Waals surface area contributed by atoms with Gasteiger partial charge in [0.1, 0.15) is 12.6 Å². The van der Waals surface area contributed by atoms with E-state index in [-0.39, 0.29) is 32.1 Å². The number of rotatable bonds is 10. The first-order valence-electron chi connectivity index (χ1n) is 10.4. The van der Waals surface area contributed by atoms with Gasteiger partial charge in [0.2, 0.25) is 11.7 Å². The molecule has 3 N–H and O–H groups in total. The Kier molecular flexibility index (Phi) is 10.5. The third-order valence-corrected chi connectivity index (χ3v) is 5.65. The molecule has 0 spiro atoms. The number of fused-ring (bicyclic) bond motifs is 1. The molecule has 0 fully saturated rings. The third kappa shape index (κ3) is 7.84. The first-order valence-corrected chi connectivity index (χ1v) is 11.2. The van der Waals surface area contributed by atoms with Gasteiger partial charge in [-0.2, -0.15) is 0 Å². The summed E-state index contributed by atoms with van der Waals surface area (Å²) in [6, 6.07) is -1.97. The van der Waals surface area contributed by atoms with Crippen molar-refractivity contribution >= 4 is 35.0 Å². The highest BCUT2D eigenvalue weighted by atomic mass is 32.1. The standard InChI is InChI=1S/C20H30N4O7S/c1-12(2)16(24-20(28)31-9-8-30-7-6-29-3)18(26)23-14-5-4-13-15(32-11-22-13)10-21-19(27)17(14)25/h11-12,14,16H,4-10H2,1-3H3,(H,21,27)(H,23,26)(H,24,28). The predicted octanol–water partition coefficient (Wildman–Crippen LogP) is 0.173. The molecule has 2 unspecified atom stereocenters. The van der Waals surface area contributed by atoms with Crippen LogP contribution in [0, 0.1) is 5.92 Å². The van der Waals surface area contributed by atoms with Gasteiger partial charge in [-0.15, -0.1) is 11.3 Å². The van der Waals surface area contributed by atoms with Crippen LogP contribution in [0.25, 0.3) is 0 Å². The Morgan fingerprint density at radius 1 is 1.25 bits per heavy atom. The predicted molar refractivity (Wildman–Crippen MR) is 115 cm³/mol. The molecule has 1 aromatic rings. The second kappa shape index (κ2) is 13.1. The van der Waals surface area contributed by atoms with Gasteiger partial charge in [-0.05, 0) is 18.8 Å². The van der Waals surface area contributed by atoms with Crippen molar-refractivity contribution < 1.29 is 33.4 Å². The monoisotopic (exact) mass is 470 g/mol. The van der Waals surface area contributed by atoms with Crippen LogP contribution >= 0.6 is 11.3 Å². The number of methoxy groups -OCH3 is 1. The molecule has 0 aliphatic carbocycles. The number of carbonyl (C=O) groups is 4. The highest BCUT2D eigenvalue weighted by Crippen LogP contribution is 2.17. The van der Waals surface area contributed by atoms with Crippen LogP contribution in [0.5, 0.6) is 0 Å². The van der Waals surface area contributed by atoms with Crippen LogP contribution in [0.1, 0.15) is 30.8 Å². The van der Waals surface area contributed by atoms with Crippen LogP contribution in [0.15, 0.2) is 5.51 Å². The summed E-state index contributed by atoms with van der Waals surface area (Å²) in [5.74, 6) is -2.35. The van der Waals surface area contributed by atoms with Crippen molar-refractivity contribution in [3.05, 3.63) is 16.1 Å². The highest BCUT2D eigenvalue weighted by Gasteiger charge is 2.32. The Balaban J connectivity index is 1.93. The first-order chi connectivity index (χ1) is 15.3. The van der Waals surface area contributed by atoms with Crippen LogP contribution in [0.3, 0.4) is 0 Å². The zero-order valence-corrected chi connectivity index (χ0v) is 19.3. The lowest BCUT2D eigenvalue weighted by Crippen LogP contribution is -2.55. The summed E-state index contributed by atoms with van der Waals surface area (Å²) in [7, 11) is 1.55. The van der Waals surface area contributed by atoms with E-state index < -0.39 is 35.8 Å². The molecule has 0 saturated heterocycles. The van der Waals surface area contributed by atoms with Gasteiger partial charge in [0.25, 0.3) is 5.91 Å². The fourth-order valence-corrected chi connectivity index (χ4v) is 3.75. The van der Waals surface area contributed by atoms with Crippen molar-refractivity contribution in [2.24, 2.45) is 5.92 Å². The molecule has 0 radical (unpaired) electrons. The Bertz CT molecular complexity index is 799. The first kappa shape index (κ1) is 25.7. The lowest BCUT2D eigenvalue weighted by atomic mass is 10.0. The highest BCUT2D eigenvalue weighted by molar-refractivity contribution is 7.09. The molecular weight excluding hydrogens is 440 g/mol. The lowest BCUT2D eigenvalue weighted by molar-refractivity contribution is -0.140. The summed E-state index contributed by atoms with van der Waals surface area (Å²) < 4.78 is 15.1. The summed E-state index contributed by atoms with van der Waals surface area (Å²) in [5, 5.41) is 7.69. The number of nitrogens with zero attached hydrogens (tertiary/aromatic N) is 1. The second-order valence-corrected chi connectivity index (χ2v) is 8.42. The Morgan fingerprint density at radius 2 is 2.00 bits per heavy atom. The van der Waals surface area contributed by atoms with E-state index in [9.17, 15) is 19.2 Å². The molecule has 32 heavy (non-hydrogen) atoms. The Hall–Kier alpha value is -2.57. The van der Waals surface area contributed by atoms with Crippen LogP contribution in [0.4, 0.5) is 4.79 Å². The van der Waals surface area contributed by atoms with Crippen LogP contribution < -0.4 is 16.0 Å². The lowest BCUT2D eigenvalue weighted by Gasteiger charge is -2.24. The summed E-state index contributed by atoms with van der Waals surface area (Å²) in [4.78, 5) is 54.8. The van der Waals surface area contributed by atoms with E-state index >= 15 is 0 Å². The van der Waals surface area contributed by atoms with Gasteiger partial charge >= 0.3 is 6.09 Å². The number of alkyl carbamates (subject to hydrolysis) is 1. The van der Waals surface area contributed by atoms with E-state index in [1.807, 2.05) is 0 Å². The van der Waals surface area contributed by atoms with E-state index in [1.165, 1.54) is 11.3 Å². The van der Waals surface area contributed by atoms with E-state index in [2.05, 4.69) is 20.9 Å². The SMILES string of the molecule is COCCOCCOC(=O)NC(C(=O)NC1CCc2ncsc2CNC(=O)C1=O)C(C)C. The van der Waals surface area contributed by atoms with Crippen LogP contribution in [-0.4, -0.2) is 74.3 Å². The summed E-state index contributed by atoms with van der Waals surface area (Å²) >= 11 is 1.40. The van der Waals surface area contributed by atoms with Crippen molar-refractivity contribution in [1.29, 1.82) is 0 Å². The Morgan fingerprint density at radius 3 is 2.72 bits per heavy atom. The number of aryl methyl sites for hydroxylation is 1. The van der Waals surface area contributed by atoms with Crippen molar-refractivity contribution in [1.82, 2.24) is 20.9 Å². The number of carbonyl (C=O) groups excluding carboxylic acids is 4. The van der Waals surface area contributed by atoms with E-state index in [0.717, 1.165) is 10.6 Å². The number of aromatic nitrogens is 1. The van der Waals surface area contributed by atoms with E-state index in [0.29, 0.717) is 19.6 Å². The van der Waals surface area contributed by atoms with Gasteiger partial charge in [-0.25, -0.2) is 9.78 Å². The number of Topliss-reactive ketones (excluding diaryl/α,β-unsaturated/α-hetero) is 1. The summed E-state index contributed by atoms with van der Waals surface area (Å²) in [5.41, 5.74) is 2.47. The quantitative estimate of drug-likeness (QED) is 0.324. The summed E-state index contributed by atoms with van der Waals surface area (Å²) in [6.07, 6.45) is -0.113. The minimum Gasteiger partial charge on any atom is -0.447 e. The van der Waals surface area contributed by atoms with Crippen molar-refractivity contribution in [2.45, 2.75) is 45.3 Å². The zero-order valence-electron chi connectivity index (χ0n) is 18.5. The summed E-state index contributed by atoms with van der Waals surface area (Å²) in [6.45, 7) is 4.74. The average Bonchev–Trinajstić information content (AvgIpc) is 3.22. The molecule has 178 valence electrons. The number of nitrogens with one attached hydrogen (secondary N) is 3. The minimum atomic E-state index is -1.02. The van der Waals surface area contributed by atoms with Gasteiger partial charge in [-0.1, -0.05) is 13.8 Å². The molecular formula is C20H30N4O7S. The largest absolute Gasteiger partial charge is 0.447 e. The molecule has 11 nitrogen and oxygen atoms in total. The number of hydrogen-bond donors (Lipinski definition) is 3. The number of amides is 3. The van der Waals surface area contributed by atoms with Gasteiger partial charge in [0.05, 0.1) is 43.6 Å². The number of ether oxygens (including phenoxy) is 3. The van der Waals surface area contributed by atoms with E-state index in [1.54, 1.807) is 26.5 Å². The molecule has 2 rings (SSSR count). The average molecular weight is 471 g/mol. The second-order valence-electron chi connectivity index (χ2n) is 7.48. The van der Waals surface area contributed by atoms with Crippen LogP contribution in [-0.2, 0) is 41.6 Å². The Labute approximate surface area is 190 Å². The molecule has 1 aromatic heterocycles. The molecule has 1 aliphatic heterocycles. The van der Waals surface area contributed by atoms with Gasteiger partial charge < -0.3 is 30.2 Å². The smallest absolute Gasteiger partial charge is 0.407 e. The maximum atomic E-state index is 12.9. The molecule has 3 amide bonds. The van der Waals surface area contributed by atoms with Gasteiger partial charge in [0.15, 0.2) is 0 Å². The van der Waals surface area contributed by atoms with E-state index in [4.69, 9.17) is 14.2 Å². The molecule has 0 bridgehead atoms. The fraction of sp³-hybridized carbons (Fsp3) is 0.650. The maximum absolute atomic E-state index is 12.9. The van der Waals surface area contributed by atoms with Gasteiger partial charge in [-0.3, -0.25) is 14.4 Å².